The monoisotopic (exact) mass is 249 g/mol. The van der Waals surface area contributed by atoms with Crippen LogP contribution in [0.5, 0.6) is 0 Å². The fraction of sp³-hybridized carbons (Fsp3) is 0.100. The molecule has 8 heteroatoms. The van der Waals surface area contributed by atoms with Crippen LogP contribution < -0.4 is 10.0 Å². The first-order valence-corrected chi connectivity index (χ1v) is 4.76. The zero-order chi connectivity index (χ0) is 13.4. The van der Waals surface area contributed by atoms with Crippen molar-refractivity contribution in [2.75, 3.05) is 11.4 Å². The van der Waals surface area contributed by atoms with Gasteiger partial charge in [-0.05, 0) is 6.07 Å². The summed E-state index contributed by atoms with van der Waals surface area (Å²) in [5, 5.41) is 21.0. The van der Waals surface area contributed by atoms with Crippen LogP contribution in [0.4, 0.5) is 11.4 Å². The quantitative estimate of drug-likeness (QED) is 0.379. The Labute approximate surface area is 99.6 Å². The van der Waals surface area contributed by atoms with Gasteiger partial charge in [0, 0.05) is 12.1 Å². The first-order valence-electron chi connectivity index (χ1n) is 4.76. The lowest BCUT2D eigenvalue weighted by Gasteiger charge is -2.16. The molecule has 0 radical (unpaired) electrons. The highest BCUT2D eigenvalue weighted by Crippen LogP contribution is 2.31. The van der Waals surface area contributed by atoms with Crippen LogP contribution in [-0.4, -0.2) is 29.1 Å². The van der Waals surface area contributed by atoms with Crippen LogP contribution in [0.1, 0.15) is 10.4 Å². The number of benzene rings is 1. The number of fused-ring (bicyclic) bond motifs is 1. The number of Topliss-reactive ketones (excluding diaryl/α,β-unsaturated/α-hetero) is 1. The molecule has 0 unspecified atom stereocenters. The van der Waals surface area contributed by atoms with Crippen LogP contribution in [0.25, 0.3) is 0 Å². The van der Waals surface area contributed by atoms with Gasteiger partial charge in [0.2, 0.25) is 0 Å². The molecular weight excluding hydrogens is 244 g/mol. The van der Waals surface area contributed by atoms with E-state index in [0.717, 1.165) is 17.0 Å². The summed E-state index contributed by atoms with van der Waals surface area (Å²) < 4.78 is 0. The van der Waals surface area contributed by atoms with E-state index < -0.39 is 29.1 Å². The largest absolute Gasteiger partial charge is 0.548 e. The predicted molar refractivity (Wildman–Crippen MR) is 54.8 cm³/mol. The summed E-state index contributed by atoms with van der Waals surface area (Å²) in [5.74, 6) is -3.52. The number of carbonyl (C=O) groups is 3. The first kappa shape index (κ1) is 11.7. The fourth-order valence-electron chi connectivity index (χ4n) is 1.69. The average molecular weight is 249 g/mol. The van der Waals surface area contributed by atoms with E-state index in [1.807, 2.05) is 0 Å². The number of hydrogen-bond donors (Lipinski definition) is 0. The Bertz CT molecular complexity index is 594. The molecule has 8 nitrogen and oxygen atoms in total. The van der Waals surface area contributed by atoms with Crippen molar-refractivity contribution in [1.29, 1.82) is 0 Å². The maximum atomic E-state index is 11.5. The van der Waals surface area contributed by atoms with E-state index in [1.165, 1.54) is 6.07 Å². The lowest BCUT2D eigenvalue weighted by atomic mass is 10.1. The summed E-state index contributed by atoms with van der Waals surface area (Å²) in [4.78, 5) is 44.0. The molecule has 0 saturated heterocycles. The number of non-ortho nitro benzene ring substituents is 1. The van der Waals surface area contributed by atoms with Crippen LogP contribution in [0.3, 0.4) is 0 Å². The molecule has 2 rings (SSSR count). The molecule has 1 aliphatic rings. The third kappa shape index (κ3) is 1.69. The Balaban J connectivity index is 2.51. The van der Waals surface area contributed by atoms with Gasteiger partial charge >= 0.3 is 0 Å². The van der Waals surface area contributed by atoms with E-state index in [-0.39, 0.29) is 16.9 Å². The van der Waals surface area contributed by atoms with E-state index in [4.69, 9.17) is 0 Å². The van der Waals surface area contributed by atoms with Gasteiger partial charge in [-0.1, -0.05) is 0 Å². The lowest BCUT2D eigenvalue weighted by Crippen LogP contribution is -2.40. The Kier molecular flexibility index (Phi) is 2.55. The van der Waals surface area contributed by atoms with E-state index in [9.17, 15) is 29.6 Å². The number of hydrogen-bond acceptors (Lipinski definition) is 6. The Morgan fingerprint density at radius 2 is 2.00 bits per heavy atom. The highest BCUT2D eigenvalue weighted by molar-refractivity contribution is 6.52. The van der Waals surface area contributed by atoms with Gasteiger partial charge in [0.1, 0.15) is 0 Å². The molecule has 1 heterocycles. The molecule has 1 aromatic rings. The zero-order valence-electron chi connectivity index (χ0n) is 8.78. The first-order chi connectivity index (χ1) is 8.41. The number of rotatable bonds is 3. The second-order valence-corrected chi connectivity index (χ2v) is 3.55. The molecule has 0 spiro atoms. The molecule has 0 atom stereocenters. The number of carbonyl (C=O) groups excluding carboxylic acids is 3. The Morgan fingerprint density at radius 3 is 2.56 bits per heavy atom. The summed E-state index contributed by atoms with van der Waals surface area (Å²) in [6, 6.07) is 3.21. The highest BCUT2D eigenvalue weighted by Gasteiger charge is 2.36. The van der Waals surface area contributed by atoms with Crippen LogP contribution in [-0.2, 0) is 9.59 Å². The van der Waals surface area contributed by atoms with Gasteiger partial charge in [0.25, 0.3) is 17.4 Å². The van der Waals surface area contributed by atoms with E-state index in [0.29, 0.717) is 0 Å². The number of nitrogens with zero attached hydrogens (tertiary/aromatic N) is 2. The Morgan fingerprint density at radius 1 is 1.33 bits per heavy atom. The minimum atomic E-state index is -1.53. The fourth-order valence-corrected chi connectivity index (χ4v) is 1.69. The number of carboxylic acids is 1. The van der Waals surface area contributed by atoms with Crippen LogP contribution in [0, 0.1) is 10.1 Å². The van der Waals surface area contributed by atoms with Crippen LogP contribution in [0.2, 0.25) is 0 Å². The van der Waals surface area contributed by atoms with Crippen molar-refractivity contribution in [3.63, 3.8) is 0 Å². The SMILES string of the molecule is O=C([O-])CN1C(=O)C(=O)c2cc([N+](=O)[O-])ccc21. The van der Waals surface area contributed by atoms with Crippen molar-refractivity contribution in [3.05, 3.63) is 33.9 Å². The van der Waals surface area contributed by atoms with Crippen molar-refractivity contribution < 1.29 is 24.4 Å². The number of anilines is 1. The predicted octanol–water partition coefficient (Wildman–Crippen LogP) is -1.13. The molecule has 0 N–H and O–H groups in total. The molecule has 0 saturated carbocycles. The number of carboxylic acid groups (broad SMARTS) is 1. The maximum Gasteiger partial charge on any atom is 0.299 e. The summed E-state index contributed by atoms with van der Waals surface area (Å²) in [7, 11) is 0. The van der Waals surface area contributed by atoms with Gasteiger partial charge in [-0.2, -0.15) is 0 Å². The van der Waals surface area contributed by atoms with Gasteiger partial charge in [-0.15, -0.1) is 0 Å². The van der Waals surface area contributed by atoms with Crippen molar-refractivity contribution in [1.82, 2.24) is 0 Å². The molecule has 0 bridgehead atoms. The van der Waals surface area contributed by atoms with Crippen molar-refractivity contribution in [3.8, 4) is 0 Å². The number of nitro benzene ring substituents is 1. The molecular formula is C10H5N2O6-. The van der Waals surface area contributed by atoms with E-state index >= 15 is 0 Å². The zero-order valence-corrected chi connectivity index (χ0v) is 8.78. The Hall–Kier alpha value is -2.77. The number of amides is 1. The standard InChI is InChI=1S/C10H6N2O6/c13-8(14)4-11-7-2-1-5(12(17)18)3-6(7)9(15)10(11)16/h1-3H,4H2,(H,13,14)/p-1. The average Bonchev–Trinajstić information content (AvgIpc) is 2.54. The van der Waals surface area contributed by atoms with E-state index in [1.54, 1.807) is 0 Å². The minimum Gasteiger partial charge on any atom is -0.548 e. The van der Waals surface area contributed by atoms with Gasteiger partial charge < -0.3 is 9.90 Å². The molecule has 0 fully saturated rings. The lowest BCUT2D eigenvalue weighted by molar-refractivity contribution is -0.384. The van der Waals surface area contributed by atoms with Gasteiger partial charge in [-0.25, -0.2) is 0 Å². The molecule has 92 valence electrons. The number of ketones is 1. The maximum absolute atomic E-state index is 11.5. The molecule has 0 aromatic heterocycles. The van der Waals surface area contributed by atoms with Gasteiger partial charge in [0.15, 0.2) is 0 Å². The van der Waals surface area contributed by atoms with Gasteiger partial charge in [-0.3, -0.25) is 24.6 Å². The molecule has 0 aliphatic carbocycles. The second-order valence-electron chi connectivity index (χ2n) is 3.55. The topological polar surface area (TPSA) is 121 Å². The number of nitro groups is 1. The van der Waals surface area contributed by atoms with Crippen LogP contribution >= 0.6 is 0 Å². The summed E-state index contributed by atoms with van der Waals surface area (Å²) in [5.41, 5.74) is -0.472. The van der Waals surface area contributed by atoms with E-state index in [2.05, 4.69) is 0 Å². The summed E-state index contributed by atoms with van der Waals surface area (Å²) in [6.45, 7) is -0.768. The minimum absolute atomic E-state index is 0.0415. The highest BCUT2D eigenvalue weighted by atomic mass is 16.6. The van der Waals surface area contributed by atoms with Crippen molar-refractivity contribution in [2.45, 2.75) is 0 Å². The summed E-state index contributed by atoms with van der Waals surface area (Å²) in [6.07, 6.45) is 0. The second kappa shape index (κ2) is 3.91. The summed E-state index contributed by atoms with van der Waals surface area (Å²) >= 11 is 0. The molecule has 18 heavy (non-hydrogen) atoms. The van der Waals surface area contributed by atoms with Crippen molar-refractivity contribution >= 4 is 29.0 Å². The van der Waals surface area contributed by atoms with Gasteiger partial charge in [0.05, 0.1) is 28.7 Å². The smallest absolute Gasteiger partial charge is 0.299 e. The number of aliphatic carboxylic acids is 1. The van der Waals surface area contributed by atoms with Crippen LogP contribution in [0.15, 0.2) is 18.2 Å². The molecule has 1 amide bonds. The third-order valence-electron chi connectivity index (χ3n) is 2.45. The normalized spacial score (nSPS) is 13.7. The molecule has 1 aliphatic heterocycles. The van der Waals surface area contributed by atoms with Crippen molar-refractivity contribution in [2.24, 2.45) is 0 Å². The third-order valence-corrected chi connectivity index (χ3v) is 2.45. The molecule has 1 aromatic carbocycles.